The highest BCUT2D eigenvalue weighted by Crippen LogP contribution is 2.34. The molecule has 1 aromatic rings. The number of ether oxygens (including phenoxy) is 1. The van der Waals surface area contributed by atoms with Crippen LogP contribution in [-0.4, -0.2) is 19.2 Å². The van der Waals surface area contributed by atoms with Crippen LogP contribution in [0, 0.1) is 11.3 Å². The number of benzene rings is 1. The van der Waals surface area contributed by atoms with Gasteiger partial charge in [0.2, 0.25) is 0 Å². The number of rotatable bonds is 5. The van der Waals surface area contributed by atoms with Gasteiger partial charge in [0.15, 0.2) is 0 Å². The Balaban J connectivity index is 1.68. The van der Waals surface area contributed by atoms with Crippen LogP contribution in [0.4, 0.5) is 4.79 Å². The molecule has 1 aliphatic rings. The fourth-order valence-corrected chi connectivity index (χ4v) is 3.54. The number of carbonyl (C=O) groups is 1. The minimum atomic E-state index is -0.0647. The molecule has 4 nitrogen and oxygen atoms in total. The summed E-state index contributed by atoms with van der Waals surface area (Å²) in [5.41, 5.74) is 1.47. The number of hydrogen-bond donors (Lipinski definition) is 2. The first-order valence-corrected chi connectivity index (χ1v) is 9.03. The van der Waals surface area contributed by atoms with Crippen molar-refractivity contribution in [2.75, 3.05) is 7.11 Å². The second kappa shape index (κ2) is 8.41. The molecule has 2 N–H and O–H groups in total. The van der Waals surface area contributed by atoms with Crippen LogP contribution in [-0.2, 0) is 6.54 Å². The molecule has 0 aromatic heterocycles. The lowest BCUT2D eigenvalue weighted by atomic mass is 9.76. The van der Waals surface area contributed by atoms with Crippen molar-refractivity contribution in [3.8, 4) is 5.75 Å². The van der Waals surface area contributed by atoms with E-state index in [2.05, 4.69) is 31.4 Å². The van der Waals surface area contributed by atoms with Crippen LogP contribution in [0.2, 0.25) is 0 Å². The molecule has 0 saturated heterocycles. The average molecular weight is 332 g/mol. The second-order valence-corrected chi connectivity index (χ2v) is 8.16. The Labute approximate surface area is 146 Å². The van der Waals surface area contributed by atoms with Gasteiger partial charge in [-0.15, -0.1) is 0 Å². The molecule has 1 fully saturated rings. The number of hydrogen-bond acceptors (Lipinski definition) is 2. The minimum absolute atomic E-state index is 0.0647. The van der Waals surface area contributed by atoms with Gasteiger partial charge in [-0.2, -0.15) is 0 Å². The molecule has 0 atom stereocenters. The van der Waals surface area contributed by atoms with Crippen molar-refractivity contribution in [3.05, 3.63) is 29.8 Å². The summed E-state index contributed by atoms with van der Waals surface area (Å²) in [5.74, 6) is 1.64. The number of nitrogens with one attached hydrogen (secondary N) is 2. The van der Waals surface area contributed by atoms with Crippen molar-refractivity contribution in [2.45, 2.75) is 65.5 Å². The van der Waals surface area contributed by atoms with Gasteiger partial charge in [-0.1, -0.05) is 32.9 Å². The van der Waals surface area contributed by atoms with Crippen LogP contribution in [0.5, 0.6) is 5.75 Å². The smallest absolute Gasteiger partial charge is 0.315 e. The summed E-state index contributed by atoms with van der Waals surface area (Å²) in [4.78, 5) is 12.1. The van der Waals surface area contributed by atoms with Crippen LogP contribution >= 0.6 is 0 Å². The van der Waals surface area contributed by atoms with Gasteiger partial charge < -0.3 is 15.4 Å². The third-order valence-corrected chi connectivity index (χ3v) is 4.70. The van der Waals surface area contributed by atoms with Gasteiger partial charge in [-0.25, -0.2) is 4.79 Å². The highest BCUT2D eigenvalue weighted by molar-refractivity contribution is 5.74. The van der Waals surface area contributed by atoms with Crippen LogP contribution in [0.3, 0.4) is 0 Å². The molecule has 2 rings (SSSR count). The van der Waals surface area contributed by atoms with Crippen molar-refractivity contribution in [2.24, 2.45) is 11.3 Å². The molecule has 0 spiro atoms. The van der Waals surface area contributed by atoms with Crippen LogP contribution in [0.15, 0.2) is 24.3 Å². The van der Waals surface area contributed by atoms with E-state index in [0.29, 0.717) is 18.0 Å². The van der Waals surface area contributed by atoms with Crippen LogP contribution in [0.25, 0.3) is 0 Å². The Morgan fingerprint density at radius 3 is 2.29 bits per heavy atom. The van der Waals surface area contributed by atoms with E-state index in [1.54, 1.807) is 7.11 Å². The predicted octanol–water partition coefficient (Wildman–Crippen LogP) is 4.49. The zero-order valence-electron chi connectivity index (χ0n) is 15.5. The van der Waals surface area contributed by atoms with Gasteiger partial charge in [-0.3, -0.25) is 0 Å². The number of carbonyl (C=O) groups excluding carboxylic acids is 1. The molecular weight excluding hydrogens is 300 g/mol. The summed E-state index contributed by atoms with van der Waals surface area (Å²) in [6.07, 6.45) is 5.91. The quantitative estimate of drug-likeness (QED) is 0.834. The zero-order chi connectivity index (χ0) is 17.6. The molecular formula is C20H32N2O2. The Morgan fingerprint density at radius 2 is 1.75 bits per heavy atom. The van der Waals surface area contributed by atoms with E-state index in [-0.39, 0.29) is 6.03 Å². The summed E-state index contributed by atoms with van der Waals surface area (Å²) < 4.78 is 5.13. The van der Waals surface area contributed by atoms with Gasteiger partial charge >= 0.3 is 6.03 Å². The maximum atomic E-state index is 12.1. The van der Waals surface area contributed by atoms with Gasteiger partial charge in [0.05, 0.1) is 7.11 Å². The van der Waals surface area contributed by atoms with E-state index in [4.69, 9.17) is 4.74 Å². The normalized spacial score (nSPS) is 21.2. The Kier molecular flexibility index (Phi) is 6.52. The van der Waals surface area contributed by atoms with Crippen LogP contribution < -0.4 is 15.4 Å². The van der Waals surface area contributed by atoms with Gasteiger partial charge in [0.25, 0.3) is 0 Å². The SMILES string of the molecule is COc1ccc(CNC(=O)N[C@H]2CC[C@H](CC(C)(C)C)CC2)cc1. The molecule has 24 heavy (non-hydrogen) atoms. The Bertz CT molecular complexity index is 511. The van der Waals surface area contributed by atoms with Crippen molar-refractivity contribution < 1.29 is 9.53 Å². The maximum Gasteiger partial charge on any atom is 0.315 e. The standard InChI is InChI=1S/C20H32N2O2/c1-20(2,3)13-15-5-9-17(10-6-15)22-19(23)21-14-16-7-11-18(24-4)12-8-16/h7-8,11-12,15,17H,5-6,9-10,13-14H2,1-4H3,(H2,21,22,23)/t15-,17-. The average Bonchev–Trinajstić information content (AvgIpc) is 2.54. The summed E-state index contributed by atoms with van der Waals surface area (Å²) in [7, 11) is 1.65. The first kappa shape index (κ1) is 18.6. The number of urea groups is 1. The third-order valence-electron chi connectivity index (χ3n) is 4.70. The lowest BCUT2D eigenvalue weighted by Crippen LogP contribution is -2.43. The van der Waals surface area contributed by atoms with E-state index in [0.717, 1.165) is 30.1 Å². The molecule has 1 aromatic carbocycles. The molecule has 0 aliphatic heterocycles. The van der Waals surface area contributed by atoms with Crippen molar-refractivity contribution >= 4 is 6.03 Å². The molecule has 2 amide bonds. The number of amides is 2. The highest BCUT2D eigenvalue weighted by Gasteiger charge is 2.25. The highest BCUT2D eigenvalue weighted by atomic mass is 16.5. The van der Waals surface area contributed by atoms with E-state index < -0.39 is 0 Å². The van der Waals surface area contributed by atoms with Gasteiger partial charge in [0, 0.05) is 12.6 Å². The topological polar surface area (TPSA) is 50.4 Å². The second-order valence-electron chi connectivity index (χ2n) is 8.16. The first-order valence-electron chi connectivity index (χ1n) is 9.03. The van der Waals surface area contributed by atoms with Crippen LogP contribution in [0.1, 0.15) is 58.4 Å². The summed E-state index contributed by atoms with van der Waals surface area (Å²) in [6, 6.07) is 8.01. The Morgan fingerprint density at radius 1 is 1.12 bits per heavy atom. The fourth-order valence-electron chi connectivity index (χ4n) is 3.54. The first-order chi connectivity index (χ1) is 11.4. The van der Waals surface area contributed by atoms with Gasteiger partial charge in [0.1, 0.15) is 5.75 Å². The van der Waals surface area contributed by atoms with Crippen molar-refractivity contribution in [1.29, 1.82) is 0 Å². The summed E-state index contributed by atoms with van der Waals surface area (Å²) in [5, 5.41) is 6.06. The molecule has 0 heterocycles. The van der Waals surface area contributed by atoms with E-state index in [9.17, 15) is 4.79 Å². The monoisotopic (exact) mass is 332 g/mol. The summed E-state index contributed by atoms with van der Waals surface area (Å²) in [6.45, 7) is 7.47. The largest absolute Gasteiger partial charge is 0.497 e. The third kappa shape index (κ3) is 6.42. The van der Waals surface area contributed by atoms with E-state index in [1.165, 1.54) is 19.3 Å². The minimum Gasteiger partial charge on any atom is -0.497 e. The predicted molar refractivity (Wildman–Crippen MR) is 98.2 cm³/mol. The maximum absolute atomic E-state index is 12.1. The molecule has 0 unspecified atom stereocenters. The zero-order valence-corrected chi connectivity index (χ0v) is 15.5. The van der Waals surface area contributed by atoms with Crippen molar-refractivity contribution in [1.82, 2.24) is 10.6 Å². The Hall–Kier alpha value is -1.71. The van der Waals surface area contributed by atoms with Gasteiger partial charge in [-0.05, 0) is 61.1 Å². The van der Waals surface area contributed by atoms with E-state index >= 15 is 0 Å². The fraction of sp³-hybridized carbons (Fsp3) is 0.650. The molecule has 0 radical (unpaired) electrons. The number of methoxy groups -OCH3 is 1. The molecule has 0 bridgehead atoms. The lowest BCUT2D eigenvalue weighted by molar-refractivity contribution is 0.205. The lowest BCUT2D eigenvalue weighted by Gasteiger charge is -2.33. The van der Waals surface area contributed by atoms with Crippen molar-refractivity contribution in [3.63, 3.8) is 0 Å². The molecule has 134 valence electrons. The molecule has 1 aliphatic carbocycles. The molecule has 1 saturated carbocycles. The van der Waals surface area contributed by atoms with E-state index in [1.807, 2.05) is 24.3 Å². The molecule has 4 heteroatoms. The summed E-state index contributed by atoms with van der Waals surface area (Å²) >= 11 is 0.